The minimum absolute atomic E-state index is 0.217. The zero-order valence-electron chi connectivity index (χ0n) is 8.42. The number of H-pyrrole nitrogens is 1. The van der Waals surface area contributed by atoms with E-state index in [9.17, 15) is 13.2 Å². The van der Waals surface area contributed by atoms with Gasteiger partial charge in [0.1, 0.15) is 5.39 Å². The van der Waals surface area contributed by atoms with E-state index < -0.39 is 12.3 Å². The fourth-order valence-corrected chi connectivity index (χ4v) is 1.27. The fraction of sp³-hybridized carbons (Fsp3) is 0.375. The number of fused-ring (bicyclic) bond motifs is 1. The molecule has 17 heavy (non-hydrogen) atoms. The number of rotatable bonds is 2. The molecule has 0 aliphatic rings. The van der Waals surface area contributed by atoms with E-state index in [2.05, 4.69) is 20.2 Å². The van der Waals surface area contributed by atoms with Gasteiger partial charge < -0.3 is 4.74 Å². The molecule has 5 nitrogen and oxygen atoms in total. The Morgan fingerprint density at radius 3 is 2.76 bits per heavy atom. The second-order valence-electron chi connectivity index (χ2n) is 3.23. The lowest BCUT2D eigenvalue weighted by Crippen LogP contribution is -2.31. The maximum atomic E-state index is 12.3. The molecule has 0 aliphatic carbocycles. The van der Waals surface area contributed by atoms with Crippen LogP contribution in [0.3, 0.4) is 0 Å². The van der Waals surface area contributed by atoms with E-state index in [1.54, 1.807) is 0 Å². The Morgan fingerprint density at radius 2 is 2.12 bits per heavy atom. The smallest absolute Gasteiger partial charge is 0.425 e. The van der Waals surface area contributed by atoms with Crippen LogP contribution in [0.15, 0.2) is 6.20 Å². The number of hydrogen-bond donors (Lipinski definition) is 1. The summed E-state index contributed by atoms with van der Waals surface area (Å²) in [7, 11) is 0. The molecule has 0 saturated carbocycles. The Hall–Kier alpha value is -1.57. The van der Waals surface area contributed by atoms with E-state index in [1.807, 2.05) is 0 Å². The van der Waals surface area contributed by atoms with Gasteiger partial charge in [0.2, 0.25) is 11.2 Å². The number of aromatic amines is 1. The molecule has 0 saturated heterocycles. The molecular weight excluding hydrogens is 261 g/mol. The summed E-state index contributed by atoms with van der Waals surface area (Å²) >= 11 is 5.55. The van der Waals surface area contributed by atoms with Gasteiger partial charge in [-0.25, -0.2) is 0 Å². The average molecular weight is 267 g/mol. The van der Waals surface area contributed by atoms with Crippen LogP contribution in [0.5, 0.6) is 5.88 Å². The lowest BCUT2D eigenvalue weighted by molar-refractivity contribution is -0.189. The van der Waals surface area contributed by atoms with Gasteiger partial charge in [0.15, 0.2) is 11.8 Å². The predicted molar refractivity (Wildman–Crippen MR) is 52.8 cm³/mol. The molecule has 0 fully saturated rings. The highest BCUT2D eigenvalue weighted by atomic mass is 35.5. The minimum atomic E-state index is -4.48. The van der Waals surface area contributed by atoms with Crippen LogP contribution in [-0.2, 0) is 0 Å². The van der Waals surface area contributed by atoms with Crippen LogP contribution in [-0.4, -0.2) is 32.4 Å². The van der Waals surface area contributed by atoms with Gasteiger partial charge in [-0.3, -0.25) is 5.10 Å². The first-order chi connectivity index (χ1) is 7.88. The van der Waals surface area contributed by atoms with Crippen molar-refractivity contribution in [2.24, 2.45) is 0 Å². The van der Waals surface area contributed by atoms with Crippen molar-refractivity contribution in [3.8, 4) is 5.88 Å². The van der Waals surface area contributed by atoms with Gasteiger partial charge in [0.05, 0.1) is 6.20 Å². The van der Waals surface area contributed by atoms with Gasteiger partial charge in [-0.2, -0.15) is 28.2 Å². The molecule has 1 N–H and O–H groups in total. The zero-order chi connectivity index (χ0) is 12.6. The molecule has 0 radical (unpaired) electrons. The number of halogens is 4. The van der Waals surface area contributed by atoms with Crippen molar-refractivity contribution < 1.29 is 17.9 Å². The first-order valence-electron chi connectivity index (χ1n) is 4.48. The number of alkyl halides is 3. The Morgan fingerprint density at radius 1 is 1.41 bits per heavy atom. The highest BCUT2D eigenvalue weighted by Crippen LogP contribution is 2.28. The van der Waals surface area contributed by atoms with Gasteiger partial charge in [0, 0.05) is 0 Å². The van der Waals surface area contributed by atoms with Gasteiger partial charge in [-0.15, -0.1) is 0 Å². The molecule has 0 bridgehead atoms. The van der Waals surface area contributed by atoms with Crippen LogP contribution in [0.25, 0.3) is 11.0 Å². The highest BCUT2D eigenvalue weighted by molar-refractivity contribution is 6.28. The Kier molecular flexibility index (Phi) is 2.82. The number of nitrogens with one attached hydrogen (secondary N) is 1. The zero-order valence-corrected chi connectivity index (χ0v) is 9.17. The first-order valence-corrected chi connectivity index (χ1v) is 4.85. The van der Waals surface area contributed by atoms with Gasteiger partial charge in [-0.1, -0.05) is 0 Å². The van der Waals surface area contributed by atoms with Crippen LogP contribution >= 0.6 is 11.6 Å². The number of nitrogens with zero attached hydrogens (tertiary/aromatic N) is 3. The monoisotopic (exact) mass is 266 g/mol. The maximum Gasteiger partial charge on any atom is 0.425 e. The van der Waals surface area contributed by atoms with E-state index in [0.717, 1.165) is 6.92 Å². The normalized spacial score (nSPS) is 13.9. The van der Waals surface area contributed by atoms with E-state index in [4.69, 9.17) is 16.3 Å². The molecule has 0 spiro atoms. The topological polar surface area (TPSA) is 63.7 Å². The van der Waals surface area contributed by atoms with Crippen molar-refractivity contribution in [3.05, 3.63) is 11.5 Å². The van der Waals surface area contributed by atoms with E-state index in [1.165, 1.54) is 6.20 Å². The van der Waals surface area contributed by atoms with Gasteiger partial charge >= 0.3 is 6.18 Å². The fourth-order valence-electron chi connectivity index (χ4n) is 1.11. The largest absolute Gasteiger partial charge is 0.464 e. The Balaban J connectivity index is 2.38. The lowest BCUT2D eigenvalue weighted by Gasteiger charge is -2.16. The third kappa shape index (κ3) is 2.41. The van der Waals surface area contributed by atoms with Crippen LogP contribution in [0.1, 0.15) is 6.92 Å². The van der Waals surface area contributed by atoms with Crippen molar-refractivity contribution in [1.82, 2.24) is 20.2 Å². The number of hydrogen-bond acceptors (Lipinski definition) is 4. The third-order valence-electron chi connectivity index (χ3n) is 2.00. The van der Waals surface area contributed by atoms with Crippen LogP contribution in [0.4, 0.5) is 13.2 Å². The minimum Gasteiger partial charge on any atom is -0.464 e. The Labute approximate surface area is 98.0 Å². The quantitative estimate of drug-likeness (QED) is 0.848. The summed E-state index contributed by atoms with van der Waals surface area (Å²) in [4.78, 5) is 7.34. The van der Waals surface area contributed by atoms with E-state index in [-0.39, 0.29) is 22.2 Å². The molecule has 2 rings (SSSR count). The summed E-state index contributed by atoms with van der Waals surface area (Å²) in [6.45, 7) is 0.877. The van der Waals surface area contributed by atoms with E-state index in [0.29, 0.717) is 0 Å². The van der Waals surface area contributed by atoms with E-state index >= 15 is 0 Å². The second-order valence-corrected chi connectivity index (χ2v) is 3.57. The maximum absolute atomic E-state index is 12.3. The summed E-state index contributed by atoms with van der Waals surface area (Å²) in [5, 5.41) is 6.12. The molecule has 2 heterocycles. The lowest BCUT2D eigenvalue weighted by atomic mass is 10.4. The standard InChI is InChI=1S/C8H6ClF3N4O/c1-3(8(10,11)12)17-6-4-2-13-16-5(4)14-7(9)15-6/h2-3H,1H3,(H,13,14,15,16). The van der Waals surface area contributed by atoms with Crippen molar-refractivity contribution in [3.63, 3.8) is 0 Å². The molecule has 0 amide bonds. The molecule has 2 aromatic rings. The number of aromatic nitrogens is 4. The summed E-state index contributed by atoms with van der Waals surface area (Å²) in [6.07, 6.45) is -5.20. The van der Waals surface area contributed by atoms with Gasteiger partial charge in [-0.05, 0) is 18.5 Å². The molecule has 2 aromatic heterocycles. The van der Waals surface area contributed by atoms with Crippen molar-refractivity contribution in [2.75, 3.05) is 0 Å². The molecule has 9 heteroatoms. The van der Waals surface area contributed by atoms with Crippen molar-refractivity contribution >= 4 is 22.6 Å². The second kappa shape index (κ2) is 4.02. The molecule has 0 aromatic carbocycles. The predicted octanol–water partition coefficient (Wildman–Crippen LogP) is 2.34. The van der Waals surface area contributed by atoms with Gasteiger partial charge in [0.25, 0.3) is 0 Å². The summed E-state index contributed by atoms with van der Waals surface area (Å²) < 4.78 is 41.7. The van der Waals surface area contributed by atoms with Crippen LogP contribution in [0.2, 0.25) is 5.28 Å². The molecule has 0 aliphatic heterocycles. The SMILES string of the molecule is CC(Oc1nc(Cl)nc2[nH]ncc12)C(F)(F)F. The third-order valence-corrected chi connectivity index (χ3v) is 2.17. The summed E-state index contributed by atoms with van der Waals surface area (Å²) in [5.74, 6) is -0.251. The summed E-state index contributed by atoms with van der Waals surface area (Å²) in [6, 6.07) is 0. The molecular formula is C8H6ClF3N4O. The van der Waals surface area contributed by atoms with Crippen molar-refractivity contribution in [1.29, 1.82) is 0 Å². The van der Waals surface area contributed by atoms with Crippen LogP contribution < -0.4 is 4.74 Å². The van der Waals surface area contributed by atoms with Crippen LogP contribution in [0, 0.1) is 0 Å². The summed E-state index contributed by atoms with van der Waals surface area (Å²) in [5.41, 5.74) is 0.217. The Bertz CT molecular complexity index is 541. The average Bonchev–Trinajstić information content (AvgIpc) is 2.63. The first kappa shape index (κ1) is 11.9. The molecule has 92 valence electrons. The molecule has 1 atom stereocenters. The highest BCUT2D eigenvalue weighted by Gasteiger charge is 2.38. The van der Waals surface area contributed by atoms with Crippen molar-refractivity contribution in [2.45, 2.75) is 19.2 Å². The molecule has 1 unspecified atom stereocenters. The number of ether oxygens (including phenoxy) is 1.